The van der Waals surface area contributed by atoms with Crippen LogP contribution in [0.2, 0.25) is 0 Å². The molecule has 0 aromatic carbocycles. The highest BCUT2D eigenvalue weighted by molar-refractivity contribution is 5.68. The molecule has 0 heterocycles. The summed E-state index contributed by atoms with van der Waals surface area (Å²) >= 11 is 0. The van der Waals surface area contributed by atoms with E-state index >= 15 is 0 Å². The lowest BCUT2D eigenvalue weighted by atomic mass is 10.4. The number of carboxylic acid groups (broad SMARTS) is 1. The SMILES string of the molecule is C=CCC(=O)O.C=CNC=O. The number of hydrogen-bond acceptors (Lipinski definition) is 2. The van der Waals surface area contributed by atoms with E-state index < -0.39 is 5.97 Å². The fraction of sp³-hybridized carbons (Fsp3) is 0.143. The van der Waals surface area contributed by atoms with E-state index in [0.29, 0.717) is 6.41 Å². The third-order valence-electron chi connectivity index (χ3n) is 0.505. The van der Waals surface area contributed by atoms with Crippen LogP contribution in [0.4, 0.5) is 0 Å². The molecule has 0 saturated carbocycles. The zero-order valence-corrected chi connectivity index (χ0v) is 6.12. The summed E-state index contributed by atoms with van der Waals surface area (Å²) in [7, 11) is 0. The second kappa shape index (κ2) is 11.2. The van der Waals surface area contributed by atoms with Crippen LogP contribution in [-0.4, -0.2) is 17.5 Å². The summed E-state index contributed by atoms with van der Waals surface area (Å²) in [4.78, 5) is 18.8. The zero-order chi connectivity index (χ0) is 9.11. The van der Waals surface area contributed by atoms with Crippen LogP contribution in [0, 0.1) is 0 Å². The Bertz CT molecular complexity index is 137. The maximum absolute atomic E-state index is 9.53. The van der Waals surface area contributed by atoms with Crippen molar-refractivity contribution in [2.45, 2.75) is 6.42 Å². The number of carbonyl (C=O) groups is 2. The summed E-state index contributed by atoms with van der Waals surface area (Å²) in [6.07, 6.45) is 3.28. The third kappa shape index (κ3) is 29.7. The Labute approximate surface area is 65.2 Å². The van der Waals surface area contributed by atoms with E-state index in [2.05, 4.69) is 18.5 Å². The largest absolute Gasteiger partial charge is 0.481 e. The minimum absolute atomic E-state index is 0.0556. The summed E-state index contributed by atoms with van der Waals surface area (Å²) in [5.41, 5.74) is 0. The van der Waals surface area contributed by atoms with Gasteiger partial charge >= 0.3 is 5.97 Å². The summed E-state index contributed by atoms with van der Waals surface area (Å²) < 4.78 is 0. The zero-order valence-electron chi connectivity index (χ0n) is 6.12. The van der Waals surface area contributed by atoms with Gasteiger partial charge in [-0.05, 0) is 6.20 Å². The van der Waals surface area contributed by atoms with Crippen LogP contribution in [0.1, 0.15) is 6.42 Å². The fourth-order valence-electron chi connectivity index (χ4n) is 0.172. The molecule has 4 nitrogen and oxygen atoms in total. The van der Waals surface area contributed by atoms with Crippen molar-refractivity contribution in [3.05, 3.63) is 25.4 Å². The molecule has 0 aliphatic carbocycles. The lowest BCUT2D eigenvalue weighted by molar-refractivity contribution is -0.136. The Morgan fingerprint density at radius 2 is 2.09 bits per heavy atom. The van der Waals surface area contributed by atoms with E-state index in [9.17, 15) is 9.59 Å². The first kappa shape index (κ1) is 12.1. The van der Waals surface area contributed by atoms with Gasteiger partial charge in [0.2, 0.25) is 6.41 Å². The smallest absolute Gasteiger partial charge is 0.307 e. The molecule has 0 unspecified atom stereocenters. The lowest BCUT2D eigenvalue weighted by Gasteiger charge is -1.75. The summed E-state index contributed by atoms with van der Waals surface area (Å²) in [6.45, 7) is 6.43. The first-order valence-electron chi connectivity index (χ1n) is 2.82. The number of rotatable bonds is 4. The van der Waals surface area contributed by atoms with Gasteiger partial charge in [-0.15, -0.1) is 6.58 Å². The van der Waals surface area contributed by atoms with E-state index in [0.717, 1.165) is 0 Å². The highest BCUT2D eigenvalue weighted by atomic mass is 16.4. The standard InChI is InChI=1S/C4H6O2.C3H5NO/c1-2-3-4(5)6;1-2-4-3-5/h2H,1,3H2,(H,5,6);2-3H,1H2,(H,4,5). The van der Waals surface area contributed by atoms with Crippen molar-refractivity contribution in [3.63, 3.8) is 0 Å². The molecule has 0 aromatic heterocycles. The van der Waals surface area contributed by atoms with Crippen molar-refractivity contribution in [1.82, 2.24) is 5.32 Å². The number of carboxylic acids is 1. The van der Waals surface area contributed by atoms with Crippen molar-refractivity contribution < 1.29 is 14.7 Å². The summed E-state index contributed by atoms with van der Waals surface area (Å²) in [5.74, 6) is -0.829. The van der Waals surface area contributed by atoms with Crippen LogP contribution < -0.4 is 5.32 Å². The van der Waals surface area contributed by atoms with Crippen LogP contribution in [0.3, 0.4) is 0 Å². The molecule has 0 bridgehead atoms. The normalized spacial score (nSPS) is 6.55. The molecule has 62 valence electrons. The number of carbonyl (C=O) groups excluding carboxylic acids is 1. The predicted octanol–water partition coefficient (Wildman–Crippen LogP) is 0.523. The minimum atomic E-state index is -0.829. The molecule has 0 fully saturated rings. The second-order valence-corrected chi connectivity index (χ2v) is 1.38. The van der Waals surface area contributed by atoms with E-state index in [1.54, 1.807) is 0 Å². The van der Waals surface area contributed by atoms with E-state index in [-0.39, 0.29) is 6.42 Å². The molecule has 2 N–H and O–H groups in total. The van der Waals surface area contributed by atoms with Gasteiger partial charge in [-0.3, -0.25) is 9.59 Å². The van der Waals surface area contributed by atoms with Crippen molar-refractivity contribution >= 4 is 12.4 Å². The molecule has 0 aliphatic rings. The fourth-order valence-corrected chi connectivity index (χ4v) is 0.172. The molecule has 0 atom stereocenters. The molecule has 1 amide bonds. The molecule has 11 heavy (non-hydrogen) atoms. The predicted molar refractivity (Wildman–Crippen MR) is 41.8 cm³/mol. The Morgan fingerprint density at radius 1 is 1.55 bits per heavy atom. The molecular formula is C7H11NO3. The first-order chi connectivity index (χ1) is 5.18. The van der Waals surface area contributed by atoms with Crippen LogP contribution in [-0.2, 0) is 9.59 Å². The topological polar surface area (TPSA) is 66.4 Å². The van der Waals surface area contributed by atoms with Gasteiger partial charge in [-0.25, -0.2) is 0 Å². The number of hydrogen-bond donors (Lipinski definition) is 2. The van der Waals surface area contributed by atoms with Gasteiger partial charge in [0, 0.05) is 0 Å². The van der Waals surface area contributed by atoms with Crippen molar-refractivity contribution in [2.75, 3.05) is 0 Å². The Hall–Kier alpha value is -1.58. The minimum Gasteiger partial charge on any atom is -0.481 e. The lowest BCUT2D eigenvalue weighted by Crippen LogP contribution is -1.96. The summed E-state index contributed by atoms with van der Waals surface area (Å²) in [5, 5.41) is 10.0. The van der Waals surface area contributed by atoms with Gasteiger partial charge in [-0.1, -0.05) is 12.7 Å². The molecule has 0 rings (SSSR count). The molecule has 0 aromatic rings. The Morgan fingerprint density at radius 3 is 2.09 bits per heavy atom. The summed E-state index contributed by atoms with van der Waals surface area (Å²) in [6, 6.07) is 0. The van der Waals surface area contributed by atoms with Crippen LogP contribution in [0.15, 0.2) is 25.4 Å². The molecule has 0 aliphatic heterocycles. The molecule has 0 spiro atoms. The highest BCUT2D eigenvalue weighted by Crippen LogP contribution is 1.74. The number of amides is 1. The van der Waals surface area contributed by atoms with Crippen molar-refractivity contribution in [1.29, 1.82) is 0 Å². The molecule has 0 radical (unpaired) electrons. The van der Waals surface area contributed by atoms with Crippen molar-refractivity contribution in [3.8, 4) is 0 Å². The third-order valence-corrected chi connectivity index (χ3v) is 0.505. The van der Waals surface area contributed by atoms with Gasteiger partial charge in [0.1, 0.15) is 0 Å². The Balaban J connectivity index is 0. The van der Waals surface area contributed by atoms with E-state index in [1.165, 1.54) is 12.3 Å². The average Bonchev–Trinajstić information content (AvgIpc) is 1.90. The molecule has 4 heteroatoms. The molecular weight excluding hydrogens is 146 g/mol. The average molecular weight is 157 g/mol. The monoisotopic (exact) mass is 157 g/mol. The number of aliphatic carboxylic acids is 1. The van der Waals surface area contributed by atoms with Gasteiger partial charge in [0.05, 0.1) is 6.42 Å². The first-order valence-corrected chi connectivity index (χ1v) is 2.82. The number of nitrogens with one attached hydrogen (secondary N) is 1. The maximum Gasteiger partial charge on any atom is 0.307 e. The van der Waals surface area contributed by atoms with Gasteiger partial charge < -0.3 is 10.4 Å². The van der Waals surface area contributed by atoms with E-state index in [1.807, 2.05) is 0 Å². The van der Waals surface area contributed by atoms with Crippen LogP contribution in [0.25, 0.3) is 0 Å². The van der Waals surface area contributed by atoms with Gasteiger partial charge in [0.15, 0.2) is 0 Å². The van der Waals surface area contributed by atoms with Gasteiger partial charge in [0.25, 0.3) is 0 Å². The highest BCUT2D eigenvalue weighted by Gasteiger charge is 1.84. The van der Waals surface area contributed by atoms with Crippen LogP contribution in [0.5, 0.6) is 0 Å². The van der Waals surface area contributed by atoms with Crippen LogP contribution >= 0.6 is 0 Å². The maximum atomic E-state index is 9.53. The quantitative estimate of drug-likeness (QED) is 0.462. The van der Waals surface area contributed by atoms with Crippen molar-refractivity contribution in [2.24, 2.45) is 0 Å². The second-order valence-electron chi connectivity index (χ2n) is 1.38. The van der Waals surface area contributed by atoms with E-state index in [4.69, 9.17) is 5.11 Å². The Kier molecular flexibility index (Phi) is 12.4. The van der Waals surface area contributed by atoms with Gasteiger partial charge in [-0.2, -0.15) is 0 Å². The molecule has 0 saturated heterocycles.